The minimum atomic E-state index is -1.05. The second-order valence-electron chi connectivity index (χ2n) is 3.23. The van der Waals surface area contributed by atoms with Gasteiger partial charge in [-0.3, -0.25) is 4.79 Å². The number of phenols is 1. The summed E-state index contributed by atoms with van der Waals surface area (Å²) in [5.74, 6) is -1.90. The van der Waals surface area contributed by atoms with E-state index in [4.69, 9.17) is 9.84 Å². The molecular formula is C10H8O5. The summed E-state index contributed by atoms with van der Waals surface area (Å²) >= 11 is 0. The van der Waals surface area contributed by atoms with Gasteiger partial charge in [-0.05, 0) is 6.07 Å². The largest absolute Gasteiger partial charge is 0.507 e. The van der Waals surface area contributed by atoms with Crippen molar-refractivity contribution in [3.05, 3.63) is 29.3 Å². The molecule has 5 nitrogen and oxygen atoms in total. The Morgan fingerprint density at radius 2 is 2.20 bits per heavy atom. The van der Waals surface area contributed by atoms with Gasteiger partial charge >= 0.3 is 11.9 Å². The zero-order chi connectivity index (χ0) is 11.0. The molecule has 0 radical (unpaired) electrons. The van der Waals surface area contributed by atoms with Crippen LogP contribution in [0.4, 0.5) is 0 Å². The van der Waals surface area contributed by atoms with E-state index >= 15 is 0 Å². The molecule has 15 heavy (non-hydrogen) atoms. The number of cyclic esters (lactones) is 1. The summed E-state index contributed by atoms with van der Waals surface area (Å²) in [7, 11) is 0. The number of phenolic OH excluding ortho intramolecular Hbond substituents is 1. The van der Waals surface area contributed by atoms with E-state index in [0.29, 0.717) is 5.56 Å². The number of carbonyl (C=O) groups is 2. The highest BCUT2D eigenvalue weighted by Gasteiger charge is 2.34. The van der Waals surface area contributed by atoms with E-state index in [-0.39, 0.29) is 17.7 Å². The van der Waals surface area contributed by atoms with Gasteiger partial charge in [-0.15, -0.1) is 0 Å². The van der Waals surface area contributed by atoms with Gasteiger partial charge in [0.25, 0.3) is 0 Å². The van der Waals surface area contributed by atoms with E-state index < -0.39 is 18.0 Å². The van der Waals surface area contributed by atoms with Gasteiger partial charge in [0.15, 0.2) is 0 Å². The maximum absolute atomic E-state index is 11.3. The quantitative estimate of drug-likeness (QED) is 0.710. The predicted octanol–water partition coefficient (Wildman–Crippen LogP) is 1.08. The standard InChI is InChI=1S/C10H8O5/c11-6-3-1-2-5-7(4-8(12)13)15-10(14)9(5)6/h1-3,7,11H,4H2,(H,12,13)/t7-/m1/s1. The summed E-state index contributed by atoms with van der Waals surface area (Å²) in [5, 5.41) is 18.0. The summed E-state index contributed by atoms with van der Waals surface area (Å²) in [6, 6.07) is 4.49. The molecule has 1 heterocycles. The number of hydrogen-bond acceptors (Lipinski definition) is 4. The zero-order valence-corrected chi connectivity index (χ0v) is 7.64. The Labute approximate surface area is 84.9 Å². The average Bonchev–Trinajstić information content (AvgIpc) is 2.44. The Morgan fingerprint density at radius 3 is 2.87 bits per heavy atom. The van der Waals surface area contributed by atoms with E-state index in [1.165, 1.54) is 6.07 Å². The van der Waals surface area contributed by atoms with Crippen LogP contribution in [0.25, 0.3) is 0 Å². The lowest BCUT2D eigenvalue weighted by atomic mass is 10.0. The number of ether oxygens (including phenoxy) is 1. The maximum atomic E-state index is 11.3. The maximum Gasteiger partial charge on any atom is 0.342 e. The topological polar surface area (TPSA) is 83.8 Å². The molecule has 1 aromatic carbocycles. The zero-order valence-electron chi connectivity index (χ0n) is 7.64. The third-order valence-electron chi connectivity index (χ3n) is 2.24. The molecule has 1 aromatic rings. The second kappa shape index (κ2) is 3.27. The molecule has 0 unspecified atom stereocenters. The first-order chi connectivity index (χ1) is 7.09. The molecule has 1 atom stereocenters. The van der Waals surface area contributed by atoms with Gasteiger partial charge in [0.1, 0.15) is 17.4 Å². The van der Waals surface area contributed by atoms with Crippen LogP contribution in [0.15, 0.2) is 18.2 Å². The van der Waals surface area contributed by atoms with Crippen LogP contribution in [0, 0.1) is 0 Å². The van der Waals surface area contributed by atoms with Gasteiger partial charge in [-0.25, -0.2) is 4.79 Å². The van der Waals surface area contributed by atoms with E-state index in [1.54, 1.807) is 12.1 Å². The third kappa shape index (κ3) is 1.52. The fourth-order valence-electron chi connectivity index (χ4n) is 1.61. The van der Waals surface area contributed by atoms with Crippen LogP contribution in [-0.2, 0) is 9.53 Å². The highest BCUT2D eigenvalue weighted by molar-refractivity contribution is 5.97. The predicted molar refractivity (Wildman–Crippen MR) is 48.5 cm³/mol. The summed E-state index contributed by atoms with van der Waals surface area (Å²) in [4.78, 5) is 21.8. The van der Waals surface area contributed by atoms with Crippen molar-refractivity contribution < 1.29 is 24.5 Å². The number of aliphatic carboxylic acids is 1. The Bertz CT molecular complexity index is 437. The minimum Gasteiger partial charge on any atom is -0.507 e. The molecular weight excluding hydrogens is 200 g/mol. The Hall–Kier alpha value is -2.04. The first kappa shape index (κ1) is 9.51. The fraction of sp³-hybridized carbons (Fsp3) is 0.200. The number of fused-ring (bicyclic) bond motifs is 1. The van der Waals surface area contributed by atoms with Crippen LogP contribution in [0.3, 0.4) is 0 Å². The number of carboxylic acids is 1. The highest BCUT2D eigenvalue weighted by atomic mass is 16.6. The van der Waals surface area contributed by atoms with Gasteiger partial charge in [-0.1, -0.05) is 12.1 Å². The lowest BCUT2D eigenvalue weighted by molar-refractivity contribution is -0.139. The molecule has 0 saturated carbocycles. The second-order valence-corrected chi connectivity index (χ2v) is 3.23. The number of benzene rings is 1. The van der Waals surface area contributed by atoms with Crippen molar-refractivity contribution in [3.8, 4) is 5.75 Å². The number of hydrogen-bond donors (Lipinski definition) is 2. The molecule has 5 heteroatoms. The van der Waals surface area contributed by atoms with Crippen LogP contribution in [0.5, 0.6) is 5.75 Å². The molecule has 1 aliphatic heterocycles. The Balaban J connectivity index is 2.42. The number of esters is 1. The van der Waals surface area contributed by atoms with Crippen molar-refractivity contribution >= 4 is 11.9 Å². The SMILES string of the molecule is O=C(O)C[C@H]1OC(=O)c2c(O)cccc21. The van der Waals surface area contributed by atoms with Gasteiger partial charge in [-0.2, -0.15) is 0 Å². The van der Waals surface area contributed by atoms with Crippen LogP contribution >= 0.6 is 0 Å². The molecule has 0 amide bonds. The van der Waals surface area contributed by atoms with Gasteiger partial charge in [0.2, 0.25) is 0 Å². The first-order valence-corrected chi connectivity index (χ1v) is 4.34. The number of aromatic hydroxyl groups is 1. The van der Waals surface area contributed by atoms with Gasteiger partial charge < -0.3 is 14.9 Å². The van der Waals surface area contributed by atoms with Crippen LogP contribution in [-0.4, -0.2) is 22.2 Å². The Morgan fingerprint density at radius 1 is 1.47 bits per heavy atom. The molecule has 1 aliphatic rings. The molecule has 0 aromatic heterocycles. The Kier molecular flexibility index (Phi) is 2.07. The van der Waals surface area contributed by atoms with E-state index in [2.05, 4.69) is 0 Å². The monoisotopic (exact) mass is 208 g/mol. The number of rotatable bonds is 2. The fourth-order valence-corrected chi connectivity index (χ4v) is 1.61. The molecule has 2 rings (SSSR count). The minimum absolute atomic E-state index is 0.0729. The molecule has 2 N–H and O–H groups in total. The van der Waals surface area contributed by atoms with Crippen LogP contribution in [0.2, 0.25) is 0 Å². The summed E-state index contributed by atoms with van der Waals surface area (Å²) in [6.45, 7) is 0. The molecule has 0 saturated heterocycles. The van der Waals surface area contributed by atoms with Crippen molar-refractivity contribution in [2.24, 2.45) is 0 Å². The summed E-state index contributed by atoms with van der Waals surface area (Å²) in [6.07, 6.45) is -1.08. The van der Waals surface area contributed by atoms with Crippen LogP contribution < -0.4 is 0 Å². The van der Waals surface area contributed by atoms with Gasteiger partial charge in [0, 0.05) is 5.56 Å². The van der Waals surface area contributed by atoms with Crippen molar-refractivity contribution in [1.82, 2.24) is 0 Å². The van der Waals surface area contributed by atoms with Crippen molar-refractivity contribution in [3.63, 3.8) is 0 Å². The normalized spacial score (nSPS) is 18.4. The lowest BCUT2D eigenvalue weighted by Gasteiger charge is -2.06. The lowest BCUT2D eigenvalue weighted by Crippen LogP contribution is -2.05. The van der Waals surface area contributed by atoms with Crippen LogP contribution in [0.1, 0.15) is 28.4 Å². The van der Waals surface area contributed by atoms with Crippen molar-refractivity contribution in [1.29, 1.82) is 0 Å². The molecule has 0 bridgehead atoms. The van der Waals surface area contributed by atoms with E-state index in [1.807, 2.05) is 0 Å². The number of carboxylic acid groups (broad SMARTS) is 1. The highest BCUT2D eigenvalue weighted by Crippen LogP contribution is 2.37. The molecule has 0 fully saturated rings. The summed E-state index contributed by atoms with van der Waals surface area (Å²) < 4.78 is 4.84. The van der Waals surface area contributed by atoms with Crippen molar-refractivity contribution in [2.75, 3.05) is 0 Å². The molecule has 0 aliphatic carbocycles. The third-order valence-corrected chi connectivity index (χ3v) is 2.24. The first-order valence-electron chi connectivity index (χ1n) is 4.34. The van der Waals surface area contributed by atoms with Gasteiger partial charge in [0.05, 0.1) is 6.42 Å². The number of carbonyl (C=O) groups excluding carboxylic acids is 1. The van der Waals surface area contributed by atoms with Crippen molar-refractivity contribution in [2.45, 2.75) is 12.5 Å². The smallest absolute Gasteiger partial charge is 0.342 e. The summed E-state index contributed by atoms with van der Waals surface area (Å²) in [5.41, 5.74) is 0.506. The van der Waals surface area contributed by atoms with E-state index in [9.17, 15) is 14.7 Å². The molecule has 0 spiro atoms. The van der Waals surface area contributed by atoms with E-state index in [0.717, 1.165) is 0 Å². The molecule has 78 valence electrons. The average molecular weight is 208 g/mol.